The molecule has 0 aliphatic carbocycles. The van der Waals surface area contributed by atoms with Crippen LogP contribution in [0.5, 0.6) is 0 Å². The number of ketones is 1. The number of hydrogen-bond donors (Lipinski definition) is 1. The van der Waals surface area contributed by atoms with Crippen LogP contribution < -0.4 is 63.7 Å². The minimum Gasteiger partial charge on any atom is -0.309 e. The Labute approximate surface area is 409 Å². The lowest BCUT2D eigenvalue weighted by Gasteiger charge is -2.26. The van der Waals surface area contributed by atoms with E-state index in [1.54, 1.807) is 30.3 Å². The predicted molar refractivity (Wildman–Crippen MR) is 295 cm³/mol. The van der Waals surface area contributed by atoms with Crippen molar-refractivity contribution in [1.29, 1.82) is 0 Å². The van der Waals surface area contributed by atoms with Gasteiger partial charge in [-0.1, -0.05) is 218 Å². The highest BCUT2D eigenvalue weighted by atomic mass is 31.2. The molecule has 0 aromatic heterocycles. The molecular weight excluding hydrogens is 937 g/mol. The normalized spacial score (nSPS) is 12.0. The van der Waals surface area contributed by atoms with Crippen LogP contribution >= 0.6 is 28.9 Å². The van der Waals surface area contributed by atoms with Crippen molar-refractivity contribution >= 4 is 98.4 Å². The molecule has 10 rings (SSSR count). The van der Waals surface area contributed by atoms with Gasteiger partial charge < -0.3 is 13.7 Å². The molecule has 0 fully saturated rings. The monoisotopic (exact) mass is 983 g/mol. The van der Waals surface area contributed by atoms with E-state index >= 15 is 18.5 Å². The Hall–Kier alpha value is -7.05. The molecule has 0 unspecified atom stereocenters. The van der Waals surface area contributed by atoms with Crippen molar-refractivity contribution in [2.24, 2.45) is 0 Å². The first-order valence-corrected chi connectivity index (χ1v) is 29.7. The van der Waals surface area contributed by atoms with Gasteiger partial charge in [-0.25, -0.2) is 4.89 Å². The van der Waals surface area contributed by atoms with Gasteiger partial charge >= 0.3 is 0 Å². The highest BCUT2D eigenvalue weighted by Gasteiger charge is 2.46. The third kappa shape index (κ3) is 8.46. The summed E-state index contributed by atoms with van der Waals surface area (Å²) in [6.45, 7) is 0. The van der Waals surface area contributed by atoms with E-state index in [1.807, 2.05) is 249 Å². The molecule has 0 bridgehead atoms. The van der Waals surface area contributed by atoms with Crippen molar-refractivity contribution in [2.75, 3.05) is 0 Å². The van der Waals surface area contributed by atoms with Crippen molar-refractivity contribution in [2.45, 2.75) is 0 Å². The fourth-order valence-corrected chi connectivity index (χ4v) is 20.4. The lowest BCUT2D eigenvalue weighted by atomic mass is 10.0. The maximum atomic E-state index is 16.4. The number of hydrogen-bond acceptors (Lipinski definition) is 5. The molecule has 10 aromatic rings. The smallest absolute Gasteiger partial charge is 0.238 e. The summed E-state index contributed by atoms with van der Waals surface area (Å²) in [5.74, 6) is -0.494. The molecule has 0 amide bonds. The summed E-state index contributed by atoms with van der Waals surface area (Å²) < 4.78 is 49.3. The van der Waals surface area contributed by atoms with Gasteiger partial charge in [0.25, 0.3) is 0 Å². The third-order valence-corrected chi connectivity index (χ3v) is 25.0. The van der Waals surface area contributed by atoms with Crippen LogP contribution in [0.3, 0.4) is 0 Å². The van der Waals surface area contributed by atoms with Gasteiger partial charge in [0.05, 0.1) is 0 Å². The first-order valence-electron chi connectivity index (χ1n) is 22.9. The van der Waals surface area contributed by atoms with Gasteiger partial charge in [-0.05, 0) is 60.7 Å². The summed E-state index contributed by atoms with van der Waals surface area (Å²) in [5, 5.41) is 6.01. The van der Waals surface area contributed by atoms with Crippen molar-refractivity contribution in [3.8, 4) is 0 Å². The molecule has 0 spiro atoms. The minimum absolute atomic E-state index is 0.130. The fraction of sp³-hybridized carbons (Fsp3) is 0. The largest absolute Gasteiger partial charge is 0.309 e. The quantitative estimate of drug-likeness (QED) is 0.0869. The molecule has 0 aliphatic rings. The van der Waals surface area contributed by atoms with E-state index in [4.69, 9.17) is 0 Å². The average Bonchev–Trinajstić information content (AvgIpc) is 3.45. The summed E-state index contributed by atoms with van der Waals surface area (Å²) in [7, 11) is -14.9. The van der Waals surface area contributed by atoms with Crippen molar-refractivity contribution < 1.29 is 23.4 Å². The Bertz CT molecular complexity index is 3300. The van der Waals surface area contributed by atoms with Crippen molar-refractivity contribution in [1.82, 2.24) is 0 Å². The van der Waals surface area contributed by atoms with E-state index < -0.39 is 34.7 Å². The van der Waals surface area contributed by atoms with Gasteiger partial charge in [0.15, 0.2) is 27.2 Å². The van der Waals surface area contributed by atoms with E-state index in [-0.39, 0.29) is 11.1 Å². The molecule has 9 heteroatoms. The van der Waals surface area contributed by atoms with Gasteiger partial charge in [0.2, 0.25) is 7.49 Å². The second-order valence-electron chi connectivity index (χ2n) is 17.0. The van der Waals surface area contributed by atoms with Crippen LogP contribution in [0.2, 0.25) is 0 Å². The van der Waals surface area contributed by atoms with E-state index in [0.717, 1.165) is 0 Å². The van der Waals surface area contributed by atoms with Crippen LogP contribution in [0.1, 0.15) is 15.9 Å². The van der Waals surface area contributed by atoms with Crippen LogP contribution in [0.15, 0.2) is 279 Å². The molecule has 0 saturated heterocycles. The molecule has 0 saturated carbocycles. The standard InChI is InChI=1S/C61H47O5P4/c62-61(47-41-57(67(63,49-25-9-1-10-26-49)50-27-11-2-12-28-50)45-58(42-47)68(64,51-29-13-3-14-30-51)52-31-15-4-16-32-52)48-43-59(69(65,53-33-17-5-18-34-53)54-35-19-6-20-36-54)46-60(44-48)70(66,55-37-21-7-22-38-55)56-39-23-8-24-40-56/h1-46,63H/q+1. The van der Waals surface area contributed by atoms with Crippen LogP contribution in [-0.2, 0) is 13.7 Å². The zero-order valence-corrected chi connectivity index (χ0v) is 41.5. The molecule has 1 N–H and O–H groups in total. The second kappa shape index (κ2) is 19.7. The highest BCUT2D eigenvalue weighted by Crippen LogP contribution is 2.53. The molecular formula is C61H47O5P4+. The number of rotatable bonds is 14. The Morgan fingerprint density at radius 1 is 0.271 bits per heavy atom. The van der Waals surface area contributed by atoms with Crippen LogP contribution in [-0.4, -0.2) is 10.7 Å². The molecule has 0 radical (unpaired) electrons. The lowest BCUT2D eigenvalue weighted by molar-refractivity contribution is 0.103. The van der Waals surface area contributed by atoms with Crippen LogP contribution in [0.25, 0.3) is 0 Å². The number of benzene rings is 10. The van der Waals surface area contributed by atoms with Crippen molar-refractivity contribution in [3.05, 3.63) is 290 Å². The third-order valence-electron chi connectivity index (χ3n) is 12.8. The molecule has 10 aromatic carbocycles. The molecule has 0 atom stereocenters. The zero-order chi connectivity index (χ0) is 48.2. The topological polar surface area (TPSA) is 88.5 Å². The van der Waals surface area contributed by atoms with Gasteiger partial charge in [-0.15, -0.1) is 0 Å². The Morgan fingerprint density at radius 3 is 0.771 bits per heavy atom. The Balaban J connectivity index is 1.30. The summed E-state index contributed by atoms with van der Waals surface area (Å²) in [4.78, 5) is 29.7. The van der Waals surface area contributed by atoms with E-state index in [9.17, 15) is 4.89 Å². The van der Waals surface area contributed by atoms with E-state index in [0.29, 0.717) is 63.7 Å². The highest BCUT2D eigenvalue weighted by molar-refractivity contribution is 7.91. The molecule has 0 heterocycles. The van der Waals surface area contributed by atoms with Gasteiger partial charge in [0, 0.05) is 58.9 Å². The first kappa shape index (κ1) is 46.7. The Morgan fingerprint density at radius 2 is 0.500 bits per heavy atom. The average molecular weight is 984 g/mol. The fourth-order valence-electron chi connectivity index (χ4n) is 9.26. The van der Waals surface area contributed by atoms with Gasteiger partial charge in [-0.3, -0.25) is 4.79 Å². The van der Waals surface area contributed by atoms with Crippen molar-refractivity contribution in [3.63, 3.8) is 0 Å². The first-order chi connectivity index (χ1) is 34.1. The molecule has 5 nitrogen and oxygen atoms in total. The van der Waals surface area contributed by atoms with Crippen LogP contribution in [0.4, 0.5) is 0 Å². The summed E-state index contributed by atoms with van der Waals surface area (Å²) in [6.07, 6.45) is 0. The Kier molecular flexibility index (Phi) is 13.2. The summed E-state index contributed by atoms with van der Waals surface area (Å²) in [5.41, 5.74) is 0.279. The maximum absolute atomic E-state index is 16.4. The van der Waals surface area contributed by atoms with Crippen LogP contribution in [0, 0.1) is 0 Å². The summed E-state index contributed by atoms with van der Waals surface area (Å²) in [6, 6.07) is 84.4. The second-order valence-corrected chi connectivity index (χ2v) is 28.1. The lowest BCUT2D eigenvalue weighted by Crippen LogP contribution is -2.35. The molecule has 340 valence electrons. The minimum atomic E-state index is -3.80. The van der Waals surface area contributed by atoms with Gasteiger partial charge in [0.1, 0.15) is 15.9 Å². The molecule has 70 heavy (non-hydrogen) atoms. The van der Waals surface area contributed by atoms with Gasteiger partial charge in [-0.2, -0.15) is 0 Å². The SMILES string of the molecule is O=C(c1cc(P(=O)(c2ccccc2)c2ccccc2)cc(P(=O)(c2ccccc2)c2ccccc2)c1)c1cc(P(=O)(c2ccccc2)c2ccccc2)cc([P+](O)(c2ccccc2)c2ccccc2)c1. The van der Waals surface area contributed by atoms with E-state index in [2.05, 4.69) is 0 Å². The number of carbonyl (C=O) groups excluding carboxylic acids is 1. The maximum Gasteiger partial charge on any atom is 0.238 e. The molecule has 0 aliphatic heterocycles. The zero-order valence-electron chi connectivity index (χ0n) is 37.9. The predicted octanol–water partition coefficient (Wildman–Crippen LogP) is 9.04. The summed E-state index contributed by atoms with van der Waals surface area (Å²) >= 11 is 0. The number of carbonyl (C=O) groups is 1. The van der Waals surface area contributed by atoms with E-state index in [1.165, 1.54) is 0 Å².